The fourth-order valence-corrected chi connectivity index (χ4v) is 2.05. The molecule has 0 radical (unpaired) electrons. The lowest BCUT2D eigenvalue weighted by Crippen LogP contribution is -2.46. The van der Waals surface area contributed by atoms with Crippen LogP contribution in [0.1, 0.15) is 30.0 Å². The molecular weight excluding hydrogens is 198 g/mol. The minimum absolute atomic E-state index is 0.244. The molecule has 2 heteroatoms. The molecule has 0 aliphatic rings. The molecule has 0 aliphatic carbocycles. The highest BCUT2D eigenvalue weighted by Crippen LogP contribution is 2.21. The number of benzene rings is 1. The Morgan fingerprint density at radius 2 is 1.81 bits per heavy atom. The Labute approximate surface area is 98.8 Å². The molecule has 0 fully saturated rings. The molecule has 0 saturated carbocycles. The number of rotatable bonds is 5. The van der Waals surface area contributed by atoms with Gasteiger partial charge in [0.25, 0.3) is 0 Å². The van der Waals surface area contributed by atoms with Crippen molar-refractivity contribution in [3.63, 3.8) is 0 Å². The van der Waals surface area contributed by atoms with Crippen molar-refractivity contribution in [2.75, 3.05) is 13.7 Å². The van der Waals surface area contributed by atoms with Crippen molar-refractivity contribution in [2.24, 2.45) is 5.73 Å². The summed E-state index contributed by atoms with van der Waals surface area (Å²) in [7, 11) is 1.71. The van der Waals surface area contributed by atoms with Crippen molar-refractivity contribution in [3.8, 4) is 0 Å². The standard InChI is InChI=1S/C14H23NO/c1-5-14(15,10-16-4)9-13-11(2)7-6-8-12(13)3/h6-8H,5,9-10,15H2,1-4H3. The van der Waals surface area contributed by atoms with Gasteiger partial charge in [-0.2, -0.15) is 0 Å². The molecule has 0 aromatic heterocycles. The Balaban J connectivity index is 2.94. The molecule has 0 bridgehead atoms. The minimum atomic E-state index is -0.244. The summed E-state index contributed by atoms with van der Waals surface area (Å²) in [5.41, 5.74) is 10.1. The predicted molar refractivity (Wildman–Crippen MR) is 68.7 cm³/mol. The van der Waals surface area contributed by atoms with E-state index in [1.807, 2.05) is 0 Å². The van der Waals surface area contributed by atoms with E-state index in [1.54, 1.807) is 7.11 Å². The van der Waals surface area contributed by atoms with E-state index in [2.05, 4.69) is 39.0 Å². The van der Waals surface area contributed by atoms with Gasteiger partial charge in [-0.3, -0.25) is 0 Å². The van der Waals surface area contributed by atoms with Gasteiger partial charge in [-0.25, -0.2) is 0 Å². The Morgan fingerprint density at radius 1 is 1.25 bits per heavy atom. The lowest BCUT2D eigenvalue weighted by molar-refractivity contribution is 0.129. The van der Waals surface area contributed by atoms with Crippen LogP contribution in [0.25, 0.3) is 0 Å². The van der Waals surface area contributed by atoms with Gasteiger partial charge in [0.05, 0.1) is 6.61 Å². The van der Waals surface area contributed by atoms with E-state index >= 15 is 0 Å². The zero-order chi connectivity index (χ0) is 12.2. The Morgan fingerprint density at radius 3 is 2.25 bits per heavy atom. The van der Waals surface area contributed by atoms with Gasteiger partial charge >= 0.3 is 0 Å². The minimum Gasteiger partial charge on any atom is -0.383 e. The summed E-state index contributed by atoms with van der Waals surface area (Å²) >= 11 is 0. The molecule has 16 heavy (non-hydrogen) atoms. The Bertz CT molecular complexity index is 328. The number of hydrogen-bond acceptors (Lipinski definition) is 2. The van der Waals surface area contributed by atoms with Crippen molar-refractivity contribution in [2.45, 2.75) is 39.2 Å². The Kier molecular flexibility index (Phi) is 4.51. The maximum absolute atomic E-state index is 6.35. The maximum atomic E-state index is 6.35. The molecular formula is C14H23NO. The van der Waals surface area contributed by atoms with Gasteiger partial charge < -0.3 is 10.5 Å². The van der Waals surface area contributed by atoms with E-state index in [-0.39, 0.29) is 5.54 Å². The van der Waals surface area contributed by atoms with Crippen LogP contribution in [0.15, 0.2) is 18.2 Å². The first kappa shape index (κ1) is 13.2. The van der Waals surface area contributed by atoms with Gasteiger partial charge in [-0.1, -0.05) is 25.1 Å². The highest BCUT2D eigenvalue weighted by Gasteiger charge is 2.24. The van der Waals surface area contributed by atoms with E-state index in [4.69, 9.17) is 10.5 Å². The van der Waals surface area contributed by atoms with E-state index in [0.29, 0.717) is 6.61 Å². The quantitative estimate of drug-likeness (QED) is 0.829. The first-order chi connectivity index (χ1) is 7.52. The van der Waals surface area contributed by atoms with Gasteiger partial charge in [0.2, 0.25) is 0 Å². The second-order valence-electron chi connectivity index (χ2n) is 4.70. The van der Waals surface area contributed by atoms with Crippen LogP contribution in [0.5, 0.6) is 0 Å². The molecule has 2 nitrogen and oxygen atoms in total. The van der Waals surface area contributed by atoms with Crippen LogP contribution in [0.2, 0.25) is 0 Å². The first-order valence-electron chi connectivity index (χ1n) is 5.85. The van der Waals surface area contributed by atoms with Crippen LogP contribution >= 0.6 is 0 Å². The van der Waals surface area contributed by atoms with Gasteiger partial charge in [0.15, 0.2) is 0 Å². The highest BCUT2D eigenvalue weighted by atomic mass is 16.5. The summed E-state index contributed by atoms with van der Waals surface area (Å²) in [6.07, 6.45) is 1.81. The lowest BCUT2D eigenvalue weighted by atomic mass is 9.86. The fourth-order valence-electron chi connectivity index (χ4n) is 2.05. The van der Waals surface area contributed by atoms with Crippen LogP contribution in [0.4, 0.5) is 0 Å². The smallest absolute Gasteiger partial charge is 0.0645 e. The third-order valence-electron chi connectivity index (χ3n) is 3.31. The average molecular weight is 221 g/mol. The molecule has 0 aliphatic heterocycles. The molecule has 0 spiro atoms. The Hall–Kier alpha value is -0.860. The van der Waals surface area contributed by atoms with Gasteiger partial charge in [-0.05, 0) is 43.4 Å². The summed E-state index contributed by atoms with van der Waals surface area (Å²) in [4.78, 5) is 0. The number of nitrogens with two attached hydrogens (primary N) is 1. The van der Waals surface area contributed by atoms with Crippen LogP contribution in [-0.2, 0) is 11.2 Å². The highest BCUT2D eigenvalue weighted by molar-refractivity contribution is 5.34. The number of methoxy groups -OCH3 is 1. The van der Waals surface area contributed by atoms with Crippen molar-refractivity contribution >= 4 is 0 Å². The fraction of sp³-hybridized carbons (Fsp3) is 0.571. The predicted octanol–water partition coefficient (Wildman–Crippen LogP) is 2.60. The molecule has 90 valence electrons. The SMILES string of the molecule is CCC(N)(COC)Cc1c(C)cccc1C. The molecule has 1 aromatic carbocycles. The summed E-state index contributed by atoms with van der Waals surface area (Å²) in [6, 6.07) is 6.38. The molecule has 0 saturated heterocycles. The van der Waals surface area contributed by atoms with Crippen molar-refractivity contribution < 1.29 is 4.74 Å². The van der Waals surface area contributed by atoms with E-state index < -0.39 is 0 Å². The molecule has 0 heterocycles. The van der Waals surface area contributed by atoms with Gasteiger partial charge in [0, 0.05) is 12.6 Å². The largest absolute Gasteiger partial charge is 0.383 e. The average Bonchev–Trinajstić information content (AvgIpc) is 2.24. The van der Waals surface area contributed by atoms with Crippen molar-refractivity contribution in [1.29, 1.82) is 0 Å². The molecule has 2 N–H and O–H groups in total. The maximum Gasteiger partial charge on any atom is 0.0645 e. The van der Waals surface area contributed by atoms with Gasteiger partial charge in [0.1, 0.15) is 0 Å². The molecule has 1 rings (SSSR count). The monoisotopic (exact) mass is 221 g/mol. The zero-order valence-electron chi connectivity index (χ0n) is 10.8. The first-order valence-corrected chi connectivity index (χ1v) is 5.85. The lowest BCUT2D eigenvalue weighted by Gasteiger charge is -2.28. The molecule has 1 aromatic rings. The normalized spacial score (nSPS) is 14.8. The second kappa shape index (κ2) is 5.46. The van der Waals surface area contributed by atoms with E-state index in [9.17, 15) is 0 Å². The summed E-state index contributed by atoms with van der Waals surface area (Å²) in [5, 5.41) is 0. The number of ether oxygens (including phenoxy) is 1. The summed E-state index contributed by atoms with van der Waals surface area (Å²) in [6.45, 7) is 7.01. The van der Waals surface area contributed by atoms with Gasteiger partial charge in [-0.15, -0.1) is 0 Å². The summed E-state index contributed by atoms with van der Waals surface area (Å²) < 4.78 is 5.22. The molecule has 1 atom stereocenters. The topological polar surface area (TPSA) is 35.2 Å². The summed E-state index contributed by atoms with van der Waals surface area (Å²) in [5.74, 6) is 0. The van der Waals surface area contributed by atoms with Crippen LogP contribution in [-0.4, -0.2) is 19.3 Å². The molecule has 0 amide bonds. The van der Waals surface area contributed by atoms with E-state index in [0.717, 1.165) is 12.8 Å². The van der Waals surface area contributed by atoms with Crippen LogP contribution in [0.3, 0.4) is 0 Å². The van der Waals surface area contributed by atoms with E-state index in [1.165, 1.54) is 16.7 Å². The van der Waals surface area contributed by atoms with Crippen LogP contribution < -0.4 is 5.73 Å². The van der Waals surface area contributed by atoms with Crippen LogP contribution in [0, 0.1) is 13.8 Å². The third kappa shape index (κ3) is 3.06. The number of hydrogen-bond donors (Lipinski definition) is 1. The number of aryl methyl sites for hydroxylation is 2. The zero-order valence-corrected chi connectivity index (χ0v) is 10.8. The van der Waals surface area contributed by atoms with Crippen molar-refractivity contribution in [1.82, 2.24) is 0 Å². The second-order valence-corrected chi connectivity index (χ2v) is 4.70. The molecule has 1 unspecified atom stereocenters. The third-order valence-corrected chi connectivity index (χ3v) is 3.31. The van der Waals surface area contributed by atoms with Crippen molar-refractivity contribution in [3.05, 3.63) is 34.9 Å².